The maximum absolute atomic E-state index is 9.79. The van der Waals surface area contributed by atoms with E-state index in [1.165, 1.54) is 0 Å². The molecule has 32 heavy (non-hydrogen) atoms. The van der Waals surface area contributed by atoms with E-state index in [0.29, 0.717) is 23.7 Å². The second-order valence-corrected chi connectivity index (χ2v) is 8.04. The van der Waals surface area contributed by atoms with Gasteiger partial charge in [0.1, 0.15) is 0 Å². The van der Waals surface area contributed by atoms with Crippen molar-refractivity contribution in [2.45, 2.75) is 6.92 Å². The van der Waals surface area contributed by atoms with E-state index in [4.69, 9.17) is 9.47 Å². The number of hydrogen-bond acceptors (Lipinski definition) is 7. The molecular formula is C24H25N5O2V. The van der Waals surface area contributed by atoms with E-state index in [1.54, 1.807) is 13.3 Å². The van der Waals surface area contributed by atoms with E-state index in [-0.39, 0.29) is 0 Å². The van der Waals surface area contributed by atoms with Crippen molar-refractivity contribution in [3.05, 3.63) is 54.2 Å². The van der Waals surface area contributed by atoms with Crippen LogP contribution in [-0.4, -0.2) is 54.3 Å². The first-order valence-electron chi connectivity index (χ1n) is 10.6. The molecule has 3 aromatic rings. The number of nitriles is 1. The topological polar surface area (TPSA) is 73.7 Å². The van der Waals surface area contributed by atoms with E-state index >= 15 is 0 Å². The van der Waals surface area contributed by atoms with Crippen molar-refractivity contribution in [3.8, 4) is 17.6 Å². The molecule has 0 saturated carbocycles. The van der Waals surface area contributed by atoms with Crippen molar-refractivity contribution in [1.29, 1.82) is 5.26 Å². The van der Waals surface area contributed by atoms with Crippen LogP contribution in [0, 0.1) is 11.3 Å². The van der Waals surface area contributed by atoms with Crippen LogP contribution < -0.4 is 19.7 Å². The fourth-order valence-electron chi connectivity index (χ4n) is 3.91. The van der Waals surface area contributed by atoms with Crippen LogP contribution in [0.4, 0.5) is 11.4 Å². The van der Waals surface area contributed by atoms with Crippen molar-refractivity contribution in [2.24, 2.45) is 0 Å². The molecule has 0 unspecified atom stereocenters. The fourth-order valence-corrected chi connectivity index (χ4v) is 4.42. The number of methoxy groups -OCH3 is 1. The summed E-state index contributed by atoms with van der Waals surface area (Å²) >= 11 is 2.63. The molecule has 1 aliphatic heterocycles. The van der Waals surface area contributed by atoms with Crippen molar-refractivity contribution in [1.82, 2.24) is 9.88 Å². The van der Waals surface area contributed by atoms with Crippen LogP contribution in [0.2, 0.25) is 0 Å². The molecule has 1 aromatic heterocycles. The molecule has 163 valence electrons. The van der Waals surface area contributed by atoms with Gasteiger partial charge in [-0.1, -0.05) is 0 Å². The second-order valence-electron chi connectivity index (χ2n) is 7.37. The van der Waals surface area contributed by atoms with Crippen molar-refractivity contribution in [2.75, 3.05) is 50.1 Å². The summed E-state index contributed by atoms with van der Waals surface area (Å²) < 4.78 is 12.3. The summed E-state index contributed by atoms with van der Waals surface area (Å²) in [7, 11) is 1.62. The van der Waals surface area contributed by atoms with E-state index in [1.807, 2.05) is 37.3 Å². The molecule has 1 N–H and O–H groups in total. The number of para-hydroxylation sites is 1. The minimum atomic E-state index is 0.531. The van der Waals surface area contributed by atoms with Gasteiger partial charge in [-0.25, -0.2) is 0 Å². The molecule has 1 aliphatic rings. The monoisotopic (exact) mass is 466 g/mol. The predicted molar refractivity (Wildman–Crippen MR) is 123 cm³/mol. The van der Waals surface area contributed by atoms with Gasteiger partial charge in [-0.05, 0) is 0 Å². The minimum absolute atomic E-state index is 0.531. The zero-order chi connectivity index (χ0) is 22.5. The number of ether oxygens (including phenoxy) is 2. The van der Waals surface area contributed by atoms with Crippen LogP contribution in [0.1, 0.15) is 12.5 Å². The molecule has 0 bridgehead atoms. The Hall–Kier alpha value is -3.05. The van der Waals surface area contributed by atoms with E-state index in [0.717, 1.165) is 52.9 Å². The van der Waals surface area contributed by atoms with E-state index in [9.17, 15) is 5.26 Å². The van der Waals surface area contributed by atoms with E-state index in [2.05, 4.69) is 55.3 Å². The summed E-state index contributed by atoms with van der Waals surface area (Å²) in [5.41, 5.74) is 3.32. The first kappa shape index (κ1) is 22.2. The SMILES string of the molecule is CCOc1cc2c(N3CCN([C](=[V])Nc4ccccc4)CC3)c(C#N)cnc2cc1OC. The number of fused-ring (bicyclic) bond motifs is 1. The first-order chi connectivity index (χ1) is 15.6. The Labute approximate surface area is 197 Å². The molecule has 7 nitrogen and oxygen atoms in total. The number of pyridine rings is 1. The Morgan fingerprint density at radius 1 is 1.16 bits per heavy atom. The van der Waals surface area contributed by atoms with E-state index < -0.39 is 0 Å². The molecule has 0 aliphatic carbocycles. The molecule has 8 heteroatoms. The number of nitrogens with zero attached hydrogens (tertiary/aromatic N) is 4. The Kier molecular flexibility index (Phi) is 6.96. The van der Waals surface area contributed by atoms with Gasteiger partial charge in [0.2, 0.25) is 0 Å². The van der Waals surface area contributed by atoms with Gasteiger partial charge in [-0.3, -0.25) is 0 Å². The molecule has 1 saturated heterocycles. The van der Waals surface area contributed by atoms with Gasteiger partial charge < -0.3 is 0 Å². The Morgan fingerprint density at radius 2 is 1.91 bits per heavy atom. The normalized spacial score (nSPS) is 14.1. The average Bonchev–Trinajstić information content (AvgIpc) is 2.83. The molecule has 4 rings (SSSR count). The van der Waals surface area contributed by atoms with Crippen LogP contribution in [-0.2, 0) is 17.0 Å². The summed E-state index contributed by atoms with van der Waals surface area (Å²) in [6.45, 7) is 5.74. The molecule has 1 fully saturated rings. The number of rotatable bonds is 7. The van der Waals surface area contributed by atoms with Crippen molar-refractivity contribution < 1.29 is 26.5 Å². The summed E-state index contributed by atoms with van der Waals surface area (Å²) in [4.78, 5) is 9.08. The van der Waals surface area contributed by atoms with Crippen molar-refractivity contribution >= 4 is 26.8 Å². The molecule has 0 amide bonds. The van der Waals surface area contributed by atoms with Gasteiger partial charge in [0, 0.05) is 0 Å². The zero-order valence-corrected chi connectivity index (χ0v) is 19.6. The summed E-state index contributed by atoms with van der Waals surface area (Å²) in [6.07, 6.45) is 1.65. The quantitative estimate of drug-likeness (QED) is 0.572. The number of anilines is 2. The van der Waals surface area contributed by atoms with Crippen LogP contribution in [0.5, 0.6) is 11.5 Å². The maximum atomic E-state index is 9.79. The van der Waals surface area contributed by atoms with Gasteiger partial charge in [0.15, 0.2) is 0 Å². The number of aromatic nitrogens is 1. The predicted octanol–water partition coefficient (Wildman–Crippen LogP) is 3.38. The third kappa shape index (κ3) is 4.58. The molecular weight excluding hydrogens is 441 g/mol. The zero-order valence-electron chi connectivity index (χ0n) is 18.2. The van der Waals surface area contributed by atoms with Crippen LogP contribution in [0.15, 0.2) is 48.7 Å². The Balaban J connectivity index is 1.59. The second kappa shape index (κ2) is 10.0. The Bertz CT molecular complexity index is 1150. The third-order valence-electron chi connectivity index (χ3n) is 5.47. The van der Waals surface area contributed by atoms with Gasteiger partial charge in [-0.2, -0.15) is 0 Å². The van der Waals surface area contributed by atoms with Gasteiger partial charge in [-0.15, -0.1) is 0 Å². The number of nitrogens with one attached hydrogen (secondary N) is 1. The Morgan fingerprint density at radius 3 is 2.56 bits per heavy atom. The number of piperazine rings is 1. The summed E-state index contributed by atoms with van der Waals surface area (Å²) in [6, 6.07) is 16.3. The third-order valence-corrected chi connectivity index (χ3v) is 6.09. The van der Waals surface area contributed by atoms with Gasteiger partial charge in [0.25, 0.3) is 0 Å². The standard InChI is InChI=1S/C24H25N5O2.V/c1-3-31-23-13-20-21(14-22(23)30-2)26-16-18(15-25)24(20)29-11-9-28(10-12-29)17-27-19-7-5-4-6-8-19;/h4-8,13-14,16,27H,3,9-12H2,1-2H3;. The molecule has 0 radical (unpaired) electrons. The molecule has 2 aromatic carbocycles. The van der Waals surface area contributed by atoms with Crippen LogP contribution in [0.3, 0.4) is 0 Å². The first-order valence-corrected chi connectivity index (χ1v) is 11.3. The van der Waals surface area contributed by atoms with Crippen molar-refractivity contribution in [3.63, 3.8) is 0 Å². The molecule has 0 atom stereocenters. The van der Waals surface area contributed by atoms with Gasteiger partial charge >= 0.3 is 197 Å². The summed E-state index contributed by atoms with van der Waals surface area (Å²) in [5.74, 6) is 1.30. The molecule has 2 heterocycles. The number of benzene rings is 2. The van der Waals surface area contributed by atoms with Gasteiger partial charge in [0.05, 0.1) is 0 Å². The van der Waals surface area contributed by atoms with Crippen LogP contribution in [0.25, 0.3) is 10.9 Å². The summed E-state index contributed by atoms with van der Waals surface area (Å²) in [5, 5.41) is 14.1. The number of hydrogen-bond donors (Lipinski definition) is 1. The fraction of sp³-hybridized carbons (Fsp3) is 0.292. The molecule has 0 spiro atoms. The van der Waals surface area contributed by atoms with Crippen LogP contribution >= 0.6 is 0 Å². The average molecular weight is 466 g/mol.